The van der Waals surface area contributed by atoms with Gasteiger partial charge in [0.25, 0.3) is 0 Å². The van der Waals surface area contributed by atoms with Crippen LogP contribution in [0.25, 0.3) is 0 Å². The first-order valence-electron chi connectivity index (χ1n) is 5.76. The Kier molecular flexibility index (Phi) is 5.47. The zero-order valence-corrected chi connectivity index (χ0v) is 10.7. The van der Waals surface area contributed by atoms with E-state index in [1.54, 1.807) is 11.8 Å². The van der Waals surface area contributed by atoms with Crippen LogP contribution in [0.15, 0.2) is 0 Å². The van der Waals surface area contributed by atoms with Gasteiger partial charge in [0.05, 0.1) is 5.25 Å². The Morgan fingerprint density at radius 3 is 2.67 bits per heavy atom. The zero-order valence-electron chi connectivity index (χ0n) is 9.88. The van der Waals surface area contributed by atoms with Crippen molar-refractivity contribution in [3.63, 3.8) is 0 Å². The number of carbonyl (C=O) groups excluding carboxylic acids is 1. The third-order valence-corrected chi connectivity index (χ3v) is 4.20. The van der Waals surface area contributed by atoms with Crippen LogP contribution >= 0.6 is 11.8 Å². The maximum Gasteiger partial charge on any atom is 0.233 e. The average molecular weight is 230 g/mol. The maximum atomic E-state index is 11.7. The third-order valence-electron chi connectivity index (χ3n) is 2.82. The number of hydrogen-bond donors (Lipinski definition) is 2. The molecule has 1 rings (SSSR count). The van der Waals surface area contributed by atoms with Gasteiger partial charge in [0.2, 0.25) is 5.91 Å². The smallest absolute Gasteiger partial charge is 0.233 e. The van der Waals surface area contributed by atoms with Crippen molar-refractivity contribution in [2.45, 2.75) is 38.5 Å². The van der Waals surface area contributed by atoms with Crippen LogP contribution in [0.5, 0.6) is 0 Å². The highest BCUT2D eigenvalue weighted by Gasteiger charge is 2.20. The molecule has 1 fully saturated rings. The molecule has 0 saturated carbocycles. The van der Waals surface area contributed by atoms with Gasteiger partial charge < -0.3 is 10.6 Å². The van der Waals surface area contributed by atoms with Crippen LogP contribution in [0.2, 0.25) is 0 Å². The van der Waals surface area contributed by atoms with Crippen molar-refractivity contribution >= 4 is 17.7 Å². The molecule has 0 bridgehead atoms. The molecule has 0 spiro atoms. The van der Waals surface area contributed by atoms with Crippen molar-refractivity contribution in [1.29, 1.82) is 0 Å². The van der Waals surface area contributed by atoms with Crippen molar-refractivity contribution in [3.8, 4) is 0 Å². The van der Waals surface area contributed by atoms with Crippen LogP contribution < -0.4 is 10.6 Å². The highest BCUT2D eigenvalue weighted by atomic mass is 32.2. The lowest BCUT2D eigenvalue weighted by Crippen LogP contribution is -2.44. The Hall–Kier alpha value is -0.220. The molecule has 1 aliphatic heterocycles. The number of hydrogen-bond acceptors (Lipinski definition) is 3. The summed E-state index contributed by atoms with van der Waals surface area (Å²) in [6.45, 7) is 8.36. The average Bonchev–Trinajstić information content (AvgIpc) is 2.14. The summed E-state index contributed by atoms with van der Waals surface area (Å²) in [5.74, 6) is 2.05. The molecule has 88 valence electrons. The van der Waals surface area contributed by atoms with E-state index >= 15 is 0 Å². The van der Waals surface area contributed by atoms with Crippen LogP contribution in [0, 0.1) is 5.92 Å². The number of carbonyl (C=O) groups is 1. The first kappa shape index (κ1) is 12.8. The summed E-state index contributed by atoms with van der Waals surface area (Å²) in [7, 11) is 0. The van der Waals surface area contributed by atoms with E-state index in [9.17, 15) is 4.79 Å². The van der Waals surface area contributed by atoms with Crippen molar-refractivity contribution in [2.75, 3.05) is 18.8 Å². The molecule has 1 saturated heterocycles. The first-order chi connectivity index (χ1) is 7.13. The fourth-order valence-corrected chi connectivity index (χ4v) is 2.30. The van der Waals surface area contributed by atoms with E-state index in [1.165, 1.54) is 0 Å². The van der Waals surface area contributed by atoms with Crippen molar-refractivity contribution < 1.29 is 4.79 Å². The van der Waals surface area contributed by atoms with Gasteiger partial charge in [0, 0.05) is 6.04 Å². The van der Waals surface area contributed by atoms with E-state index in [4.69, 9.17) is 0 Å². The molecule has 0 radical (unpaired) electrons. The first-order valence-corrected chi connectivity index (χ1v) is 6.81. The summed E-state index contributed by atoms with van der Waals surface area (Å²) in [6.07, 6.45) is 0.996. The normalized spacial score (nSPS) is 20.5. The number of amides is 1. The molecule has 15 heavy (non-hydrogen) atoms. The van der Waals surface area contributed by atoms with Crippen LogP contribution in [-0.4, -0.2) is 36.0 Å². The van der Waals surface area contributed by atoms with Gasteiger partial charge >= 0.3 is 0 Å². The minimum Gasteiger partial charge on any atom is -0.353 e. The molecule has 0 aromatic rings. The molecule has 2 unspecified atom stereocenters. The molecule has 0 aliphatic carbocycles. The van der Waals surface area contributed by atoms with E-state index < -0.39 is 0 Å². The minimum atomic E-state index is 0.0830. The number of thioether (sulfide) groups is 1. The van der Waals surface area contributed by atoms with Crippen molar-refractivity contribution in [3.05, 3.63) is 0 Å². The highest BCUT2D eigenvalue weighted by Crippen LogP contribution is 2.17. The molecule has 1 aliphatic rings. The van der Waals surface area contributed by atoms with Gasteiger partial charge in [-0.1, -0.05) is 6.92 Å². The molecule has 2 atom stereocenters. The predicted molar refractivity (Wildman–Crippen MR) is 66.2 cm³/mol. The monoisotopic (exact) mass is 230 g/mol. The summed E-state index contributed by atoms with van der Waals surface area (Å²) >= 11 is 1.77. The summed E-state index contributed by atoms with van der Waals surface area (Å²) in [5, 5.41) is 6.34. The Balaban J connectivity index is 2.14. The van der Waals surface area contributed by atoms with Gasteiger partial charge in [0.1, 0.15) is 0 Å². The molecule has 0 aromatic heterocycles. The highest BCUT2D eigenvalue weighted by molar-refractivity contribution is 8.00. The molecule has 3 nitrogen and oxygen atoms in total. The van der Waals surface area contributed by atoms with E-state index in [0.29, 0.717) is 6.04 Å². The molecule has 0 aromatic carbocycles. The SMILES string of the molecule is CCC(C)NC(=O)C(C)SCC1CNC1. The molecule has 2 N–H and O–H groups in total. The molecular formula is C11H22N2OS. The second kappa shape index (κ2) is 6.38. The van der Waals surface area contributed by atoms with Crippen LogP contribution in [0.1, 0.15) is 27.2 Å². The van der Waals surface area contributed by atoms with Gasteiger partial charge in [-0.2, -0.15) is 0 Å². The lowest BCUT2D eigenvalue weighted by Gasteiger charge is -2.27. The maximum absolute atomic E-state index is 11.7. The largest absolute Gasteiger partial charge is 0.353 e. The summed E-state index contributed by atoms with van der Waals surface area (Å²) in [6, 6.07) is 0.297. The molecule has 1 amide bonds. The van der Waals surface area contributed by atoms with E-state index in [1.807, 2.05) is 13.8 Å². The van der Waals surface area contributed by atoms with Gasteiger partial charge in [0.15, 0.2) is 0 Å². The fourth-order valence-electron chi connectivity index (χ4n) is 1.28. The molecular weight excluding hydrogens is 208 g/mol. The second-order valence-corrected chi connectivity index (χ2v) is 5.69. The predicted octanol–water partition coefficient (Wildman–Crippen LogP) is 1.24. The Labute approximate surface area is 96.8 Å². The molecule has 4 heteroatoms. The lowest BCUT2D eigenvalue weighted by atomic mass is 10.1. The van der Waals surface area contributed by atoms with Crippen LogP contribution in [-0.2, 0) is 4.79 Å². The quantitative estimate of drug-likeness (QED) is 0.721. The summed E-state index contributed by atoms with van der Waals surface area (Å²) in [5.41, 5.74) is 0. The zero-order chi connectivity index (χ0) is 11.3. The van der Waals surface area contributed by atoms with Crippen molar-refractivity contribution in [2.24, 2.45) is 5.92 Å². The lowest BCUT2D eigenvalue weighted by molar-refractivity contribution is -0.120. The third kappa shape index (κ3) is 4.43. The van der Waals surface area contributed by atoms with Gasteiger partial charge in [-0.25, -0.2) is 0 Å². The standard InChI is InChI=1S/C11H22N2OS/c1-4-8(2)13-11(14)9(3)15-7-10-5-12-6-10/h8-10,12H,4-7H2,1-3H3,(H,13,14). The second-order valence-electron chi connectivity index (χ2n) is 4.32. The summed E-state index contributed by atoms with van der Waals surface area (Å²) in [4.78, 5) is 11.7. The number of rotatable bonds is 6. The van der Waals surface area contributed by atoms with Crippen molar-refractivity contribution in [1.82, 2.24) is 10.6 Å². The van der Waals surface area contributed by atoms with Gasteiger partial charge in [-0.05, 0) is 45.0 Å². The minimum absolute atomic E-state index is 0.0830. The van der Waals surface area contributed by atoms with Gasteiger partial charge in [-0.15, -0.1) is 11.8 Å². The Morgan fingerprint density at radius 1 is 1.53 bits per heavy atom. The van der Waals surface area contributed by atoms with E-state index in [-0.39, 0.29) is 11.2 Å². The summed E-state index contributed by atoms with van der Waals surface area (Å²) < 4.78 is 0. The number of nitrogens with one attached hydrogen (secondary N) is 2. The van der Waals surface area contributed by atoms with Crippen LogP contribution in [0.3, 0.4) is 0 Å². The van der Waals surface area contributed by atoms with Crippen LogP contribution in [0.4, 0.5) is 0 Å². The van der Waals surface area contributed by atoms with E-state index in [2.05, 4.69) is 17.6 Å². The topological polar surface area (TPSA) is 41.1 Å². The molecule has 1 heterocycles. The Bertz CT molecular complexity index is 207. The van der Waals surface area contributed by atoms with Gasteiger partial charge in [-0.3, -0.25) is 4.79 Å². The van der Waals surface area contributed by atoms with E-state index in [0.717, 1.165) is 31.2 Å². The fraction of sp³-hybridized carbons (Fsp3) is 0.909. The Morgan fingerprint density at radius 2 is 2.20 bits per heavy atom.